The number of nitrogens with zero attached hydrogens (tertiary/aromatic N) is 2. The molecular weight excluding hydrogens is 355 g/mol. The van der Waals surface area contributed by atoms with Crippen molar-refractivity contribution in [1.82, 2.24) is 9.97 Å². The Morgan fingerprint density at radius 3 is 2.58 bits per heavy atom. The standard InChI is InChI=1S/C19H16ClFN4O/c1-12-23-17(19(26)25-16-5-3-2-4-15(16)21)10-18(24-12)22-11-13-6-8-14(20)9-7-13/h2-10H,11H2,1H3,(H,25,26)(H,22,23,24). The van der Waals surface area contributed by atoms with Crippen LogP contribution >= 0.6 is 11.6 Å². The van der Waals surface area contributed by atoms with Crippen LogP contribution in [0.1, 0.15) is 21.9 Å². The molecule has 0 spiro atoms. The van der Waals surface area contributed by atoms with Gasteiger partial charge in [0.15, 0.2) is 0 Å². The zero-order valence-corrected chi connectivity index (χ0v) is 14.7. The Morgan fingerprint density at radius 1 is 1.12 bits per heavy atom. The molecule has 3 rings (SSSR count). The van der Waals surface area contributed by atoms with Gasteiger partial charge in [0.05, 0.1) is 5.69 Å². The van der Waals surface area contributed by atoms with Crippen molar-refractivity contribution < 1.29 is 9.18 Å². The van der Waals surface area contributed by atoms with E-state index in [0.29, 0.717) is 23.2 Å². The summed E-state index contributed by atoms with van der Waals surface area (Å²) in [6.07, 6.45) is 0. The van der Waals surface area contributed by atoms with Crippen molar-refractivity contribution in [2.75, 3.05) is 10.6 Å². The lowest BCUT2D eigenvalue weighted by molar-refractivity contribution is 0.102. The van der Waals surface area contributed by atoms with Gasteiger partial charge < -0.3 is 10.6 Å². The zero-order chi connectivity index (χ0) is 18.5. The van der Waals surface area contributed by atoms with Gasteiger partial charge in [-0.15, -0.1) is 0 Å². The lowest BCUT2D eigenvalue weighted by Gasteiger charge is -2.10. The maximum absolute atomic E-state index is 13.7. The van der Waals surface area contributed by atoms with Crippen molar-refractivity contribution in [3.63, 3.8) is 0 Å². The molecule has 0 radical (unpaired) electrons. The molecule has 0 aliphatic rings. The summed E-state index contributed by atoms with van der Waals surface area (Å²) in [7, 11) is 0. The molecule has 5 nitrogen and oxygen atoms in total. The number of rotatable bonds is 5. The molecule has 0 fully saturated rings. The summed E-state index contributed by atoms with van der Waals surface area (Å²) in [5.41, 5.74) is 1.27. The van der Waals surface area contributed by atoms with Gasteiger partial charge in [0, 0.05) is 17.6 Å². The number of hydrogen-bond donors (Lipinski definition) is 2. The smallest absolute Gasteiger partial charge is 0.274 e. The summed E-state index contributed by atoms with van der Waals surface area (Å²) in [6, 6.07) is 14.9. The molecule has 1 amide bonds. The highest BCUT2D eigenvalue weighted by atomic mass is 35.5. The number of hydrogen-bond acceptors (Lipinski definition) is 4. The summed E-state index contributed by atoms with van der Waals surface area (Å²) in [4.78, 5) is 20.8. The second-order valence-corrected chi connectivity index (χ2v) is 6.04. The fourth-order valence-corrected chi connectivity index (χ4v) is 2.44. The molecule has 0 unspecified atom stereocenters. The molecule has 1 heterocycles. The van der Waals surface area contributed by atoms with Crippen LogP contribution in [0, 0.1) is 12.7 Å². The van der Waals surface area contributed by atoms with Gasteiger partial charge in [0.1, 0.15) is 23.2 Å². The van der Waals surface area contributed by atoms with Crippen LogP contribution in [0.25, 0.3) is 0 Å². The Kier molecular flexibility index (Phi) is 5.43. The largest absolute Gasteiger partial charge is 0.366 e. The van der Waals surface area contributed by atoms with Crippen LogP contribution < -0.4 is 10.6 Å². The van der Waals surface area contributed by atoms with E-state index in [-0.39, 0.29) is 11.4 Å². The van der Waals surface area contributed by atoms with Crippen LogP contribution in [0.4, 0.5) is 15.9 Å². The molecule has 2 aromatic carbocycles. The van der Waals surface area contributed by atoms with E-state index in [4.69, 9.17) is 11.6 Å². The summed E-state index contributed by atoms with van der Waals surface area (Å²) >= 11 is 5.87. The molecule has 0 atom stereocenters. The van der Waals surface area contributed by atoms with Crippen molar-refractivity contribution in [2.24, 2.45) is 0 Å². The predicted molar refractivity (Wildman–Crippen MR) is 99.9 cm³/mol. The number of carbonyl (C=O) groups excluding carboxylic acids is 1. The fourth-order valence-electron chi connectivity index (χ4n) is 2.32. The average molecular weight is 371 g/mol. The van der Waals surface area contributed by atoms with Gasteiger partial charge >= 0.3 is 0 Å². The minimum absolute atomic E-state index is 0.101. The molecule has 26 heavy (non-hydrogen) atoms. The number of aromatic nitrogens is 2. The Balaban J connectivity index is 1.73. The molecule has 0 aliphatic heterocycles. The van der Waals surface area contributed by atoms with Gasteiger partial charge in [-0.05, 0) is 36.8 Å². The Labute approximate surface area is 155 Å². The van der Waals surface area contributed by atoms with Crippen LogP contribution in [0.15, 0.2) is 54.6 Å². The third-order valence-electron chi connectivity index (χ3n) is 3.58. The predicted octanol–water partition coefficient (Wildman–Crippen LogP) is 4.44. The van der Waals surface area contributed by atoms with Gasteiger partial charge in [0.25, 0.3) is 5.91 Å². The van der Waals surface area contributed by atoms with Crippen molar-refractivity contribution in [1.29, 1.82) is 0 Å². The van der Waals surface area contributed by atoms with Gasteiger partial charge in [-0.25, -0.2) is 14.4 Å². The molecular formula is C19H16ClFN4O. The van der Waals surface area contributed by atoms with E-state index in [9.17, 15) is 9.18 Å². The highest BCUT2D eigenvalue weighted by Gasteiger charge is 2.12. The third kappa shape index (κ3) is 4.55. The normalized spacial score (nSPS) is 10.4. The summed E-state index contributed by atoms with van der Waals surface area (Å²) in [6.45, 7) is 2.20. The average Bonchev–Trinajstić information content (AvgIpc) is 2.63. The van der Waals surface area contributed by atoms with Crippen molar-refractivity contribution in [3.8, 4) is 0 Å². The van der Waals surface area contributed by atoms with Crippen LogP contribution in [0.2, 0.25) is 5.02 Å². The van der Waals surface area contributed by atoms with E-state index in [0.717, 1.165) is 5.56 Å². The first kappa shape index (κ1) is 17.8. The lowest BCUT2D eigenvalue weighted by atomic mass is 10.2. The first-order valence-corrected chi connectivity index (χ1v) is 8.29. The topological polar surface area (TPSA) is 66.9 Å². The van der Waals surface area contributed by atoms with Crippen LogP contribution in [-0.2, 0) is 6.54 Å². The maximum Gasteiger partial charge on any atom is 0.274 e. The highest BCUT2D eigenvalue weighted by molar-refractivity contribution is 6.30. The van der Waals surface area contributed by atoms with Gasteiger partial charge in [-0.1, -0.05) is 35.9 Å². The SMILES string of the molecule is Cc1nc(NCc2ccc(Cl)cc2)cc(C(=O)Nc2ccccc2F)n1. The van der Waals surface area contributed by atoms with Crippen LogP contribution in [0.3, 0.4) is 0 Å². The molecule has 1 aromatic heterocycles. The fraction of sp³-hybridized carbons (Fsp3) is 0.105. The monoisotopic (exact) mass is 370 g/mol. The number of carbonyl (C=O) groups is 1. The Bertz CT molecular complexity index is 931. The molecule has 0 aliphatic carbocycles. The van der Waals surface area contributed by atoms with E-state index in [1.165, 1.54) is 18.2 Å². The Hall–Kier alpha value is -2.99. The van der Waals surface area contributed by atoms with Gasteiger partial charge in [0.2, 0.25) is 0 Å². The maximum atomic E-state index is 13.7. The minimum atomic E-state index is -0.507. The van der Waals surface area contributed by atoms with Crippen molar-refractivity contribution in [2.45, 2.75) is 13.5 Å². The number of para-hydroxylation sites is 1. The molecule has 0 bridgehead atoms. The number of amides is 1. The number of anilines is 2. The van der Waals surface area contributed by atoms with E-state index in [1.807, 2.05) is 12.1 Å². The second kappa shape index (κ2) is 7.93. The molecule has 0 saturated carbocycles. The molecule has 0 saturated heterocycles. The van der Waals surface area contributed by atoms with E-state index in [2.05, 4.69) is 20.6 Å². The minimum Gasteiger partial charge on any atom is -0.366 e. The zero-order valence-electron chi connectivity index (χ0n) is 14.0. The van der Waals surface area contributed by atoms with Crippen molar-refractivity contribution >= 4 is 29.0 Å². The lowest BCUT2D eigenvalue weighted by Crippen LogP contribution is -2.16. The second-order valence-electron chi connectivity index (χ2n) is 5.60. The quantitative estimate of drug-likeness (QED) is 0.696. The number of halogens is 2. The molecule has 2 N–H and O–H groups in total. The Morgan fingerprint density at radius 2 is 1.85 bits per heavy atom. The van der Waals surface area contributed by atoms with E-state index in [1.54, 1.807) is 31.2 Å². The van der Waals surface area contributed by atoms with E-state index < -0.39 is 11.7 Å². The summed E-state index contributed by atoms with van der Waals surface area (Å²) in [5.74, 6) is -0.0706. The first-order valence-electron chi connectivity index (χ1n) is 7.91. The number of aryl methyl sites for hydroxylation is 1. The summed E-state index contributed by atoms with van der Waals surface area (Å²) < 4.78 is 13.7. The molecule has 7 heteroatoms. The number of nitrogens with one attached hydrogen (secondary N) is 2. The molecule has 3 aromatic rings. The first-order chi connectivity index (χ1) is 12.5. The van der Waals surface area contributed by atoms with Gasteiger partial charge in [-0.2, -0.15) is 0 Å². The third-order valence-corrected chi connectivity index (χ3v) is 3.83. The van der Waals surface area contributed by atoms with Crippen LogP contribution in [-0.4, -0.2) is 15.9 Å². The van der Waals surface area contributed by atoms with E-state index >= 15 is 0 Å². The van der Waals surface area contributed by atoms with Gasteiger partial charge in [-0.3, -0.25) is 4.79 Å². The number of benzene rings is 2. The summed E-state index contributed by atoms with van der Waals surface area (Å²) in [5, 5.41) is 6.32. The molecule has 132 valence electrons. The van der Waals surface area contributed by atoms with Crippen LogP contribution in [0.5, 0.6) is 0 Å². The van der Waals surface area contributed by atoms with Crippen molar-refractivity contribution in [3.05, 3.63) is 82.5 Å². The highest BCUT2D eigenvalue weighted by Crippen LogP contribution is 2.16.